The average Bonchev–Trinajstić information content (AvgIpc) is 3.01. The highest BCUT2D eigenvalue weighted by Crippen LogP contribution is 2.42. The molecule has 1 amide bonds. The van der Waals surface area contributed by atoms with Gasteiger partial charge in [-0.05, 0) is 18.9 Å². The van der Waals surface area contributed by atoms with Gasteiger partial charge in [-0.25, -0.2) is 0 Å². The number of amides is 1. The predicted molar refractivity (Wildman–Crippen MR) is 74.6 cm³/mol. The summed E-state index contributed by atoms with van der Waals surface area (Å²) in [5.74, 6) is 1.02. The molecular formula is C13H15N3O3S. The molecule has 0 radical (unpaired) electrons. The molecule has 0 fully saturated rings. The van der Waals surface area contributed by atoms with Gasteiger partial charge in [0, 0.05) is 11.3 Å². The fraction of sp³-hybridized carbons (Fsp3) is 0.462. The second kappa shape index (κ2) is 5.34. The van der Waals surface area contributed by atoms with Crippen LogP contribution in [0.1, 0.15) is 29.6 Å². The number of nitrogens with zero attached hydrogens (tertiary/aromatic N) is 2. The van der Waals surface area contributed by atoms with E-state index in [1.54, 1.807) is 6.92 Å². The third-order valence-corrected chi connectivity index (χ3v) is 4.26. The molecule has 1 aliphatic heterocycles. The van der Waals surface area contributed by atoms with Crippen molar-refractivity contribution in [1.82, 2.24) is 10.1 Å². The largest absolute Gasteiger partial charge is 0.376 e. The molecular weight excluding hydrogens is 278 g/mol. The number of hydrogen-bond donors (Lipinski definition) is 1. The Hall–Kier alpha value is -1.73. The first-order chi connectivity index (χ1) is 9.69. The van der Waals surface area contributed by atoms with E-state index in [0.717, 1.165) is 27.4 Å². The summed E-state index contributed by atoms with van der Waals surface area (Å²) >= 11 is 1.53. The number of fused-ring (bicyclic) bond motifs is 1. The van der Waals surface area contributed by atoms with E-state index in [1.165, 1.54) is 11.3 Å². The molecule has 1 aliphatic rings. The Morgan fingerprint density at radius 2 is 2.35 bits per heavy atom. The normalized spacial score (nSPS) is 14.1. The Morgan fingerprint density at radius 1 is 1.50 bits per heavy atom. The standard InChI is InChI=1S/C13H15N3O3S/c1-3-10(17)15-13-11(12-14-7(2)16-19-12)8-4-5-18-6-9(8)20-13/h3-6H2,1-2H3,(H,15,17). The van der Waals surface area contributed by atoms with Gasteiger partial charge in [0.05, 0.1) is 18.8 Å². The molecule has 3 rings (SSSR count). The van der Waals surface area contributed by atoms with Gasteiger partial charge in [0.1, 0.15) is 5.00 Å². The molecule has 7 heteroatoms. The van der Waals surface area contributed by atoms with E-state index < -0.39 is 0 Å². The molecule has 106 valence electrons. The van der Waals surface area contributed by atoms with Crippen LogP contribution in [0.2, 0.25) is 0 Å². The van der Waals surface area contributed by atoms with Crippen molar-refractivity contribution in [3.8, 4) is 11.5 Å². The Balaban J connectivity index is 2.08. The van der Waals surface area contributed by atoms with Crippen LogP contribution in [0.25, 0.3) is 11.5 Å². The molecule has 0 unspecified atom stereocenters. The molecule has 6 nitrogen and oxygen atoms in total. The lowest BCUT2D eigenvalue weighted by molar-refractivity contribution is -0.115. The smallest absolute Gasteiger partial charge is 0.261 e. The number of rotatable bonds is 3. The first-order valence-corrected chi connectivity index (χ1v) is 7.33. The highest BCUT2D eigenvalue weighted by atomic mass is 32.1. The first-order valence-electron chi connectivity index (χ1n) is 6.52. The van der Waals surface area contributed by atoms with Crippen LogP contribution in [0.15, 0.2) is 4.52 Å². The van der Waals surface area contributed by atoms with Crippen LogP contribution in [0.3, 0.4) is 0 Å². The van der Waals surface area contributed by atoms with E-state index in [1.807, 2.05) is 6.92 Å². The number of thiophene rings is 1. The topological polar surface area (TPSA) is 77.3 Å². The summed E-state index contributed by atoms with van der Waals surface area (Å²) in [6.07, 6.45) is 1.23. The van der Waals surface area contributed by atoms with Crippen molar-refractivity contribution in [1.29, 1.82) is 0 Å². The van der Waals surface area contributed by atoms with Crippen LogP contribution >= 0.6 is 11.3 Å². The predicted octanol–water partition coefficient (Wildman–Crippen LogP) is 2.53. The lowest BCUT2D eigenvalue weighted by atomic mass is 10.1. The van der Waals surface area contributed by atoms with E-state index in [2.05, 4.69) is 15.5 Å². The van der Waals surface area contributed by atoms with Crippen LogP contribution in [0.4, 0.5) is 5.00 Å². The van der Waals surface area contributed by atoms with Gasteiger partial charge in [0.15, 0.2) is 5.82 Å². The van der Waals surface area contributed by atoms with E-state index in [-0.39, 0.29) is 5.91 Å². The summed E-state index contributed by atoms with van der Waals surface area (Å²) in [4.78, 5) is 17.1. The molecule has 0 aromatic carbocycles. The fourth-order valence-electron chi connectivity index (χ4n) is 2.16. The number of hydrogen-bond acceptors (Lipinski definition) is 6. The SMILES string of the molecule is CCC(=O)Nc1sc2c(c1-c1nc(C)no1)CCOC2. The summed E-state index contributed by atoms with van der Waals surface area (Å²) in [7, 11) is 0. The van der Waals surface area contributed by atoms with E-state index in [4.69, 9.17) is 9.26 Å². The fourth-order valence-corrected chi connectivity index (χ4v) is 3.35. The van der Waals surface area contributed by atoms with Crippen molar-refractivity contribution in [2.45, 2.75) is 33.3 Å². The lowest BCUT2D eigenvalue weighted by Gasteiger charge is -2.12. The quantitative estimate of drug-likeness (QED) is 0.941. The third kappa shape index (κ3) is 2.34. The van der Waals surface area contributed by atoms with E-state index in [9.17, 15) is 4.79 Å². The molecule has 3 heterocycles. The van der Waals surface area contributed by atoms with Gasteiger partial charge in [-0.3, -0.25) is 4.79 Å². The van der Waals surface area contributed by atoms with Gasteiger partial charge in [-0.1, -0.05) is 12.1 Å². The number of nitrogens with one attached hydrogen (secondary N) is 1. The zero-order valence-corrected chi connectivity index (χ0v) is 12.2. The second-order valence-electron chi connectivity index (χ2n) is 4.56. The third-order valence-electron chi connectivity index (χ3n) is 3.14. The van der Waals surface area contributed by atoms with Crippen molar-refractivity contribution in [3.05, 3.63) is 16.3 Å². The number of ether oxygens (including phenoxy) is 1. The lowest BCUT2D eigenvalue weighted by Crippen LogP contribution is -2.10. The maximum absolute atomic E-state index is 11.7. The average molecular weight is 293 g/mol. The molecule has 0 aliphatic carbocycles. The number of aromatic nitrogens is 2. The van der Waals surface area contributed by atoms with Crippen molar-refractivity contribution < 1.29 is 14.1 Å². The molecule has 0 spiro atoms. The highest BCUT2D eigenvalue weighted by molar-refractivity contribution is 7.17. The Kier molecular flexibility index (Phi) is 3.54. The Labute approximate surface area is 120 Å². The molecule has 0 saturated heterocycles. The summed E-state index contributed by atoms with van der Waals surface area (Å²) in [6, 6.07) is 0. The van der Waals surface area contributed by atoms with Crippen molar-refractivity contribution in [2.24, 2.45) is 0 Å². The highest BCUT2D eigenvalue weighted by Gasteiger charge is 2.26. The second-order valence-corrected chi connectivity index (χ2v) is 5.66. The van der Waals surface area contributed by atoms with E-state index in [0.29, 0.717) is 31.3 Å². The minimum atomic E-state index is -0.0259. The molecule has 0 atom stereocenters. The first kappa shape index (κ1) is 13.3. The van der Waals surface area contributed by atoms with Gasteiger partial charge in [0.25, 0.3) is 5.89 Å². The minimum absolute atomic E-state index is 0.0259. The maximum atomic E-state index is 11.7. The van der Waals surface area contributed by atoms with Gasteiger partial charge >= 0.3 is 0 Å². The number of carbonyl (C=O) groups is 1. The van der Waals surface area contributed by atoms with Crippen LogP contribution in [0, 0.1) is 6.92 Å². The van der Waals surface area contributed by atoms with Gasteiger partial charge in [0.2, 0.25) is 5.91 Å². The van der Waals surface area contributed by atoms with Crippen molar-refractivity contribution >= 4 is 22.2 Å². The molecule has 0 saturated carbocycles. The van der Waals surface area contributed by atoms with Crippen LogP contribution in [-0.2, 0) is 22.6 Å². The molecule has 20 heavy (non-hydrogen) atoms. The molecule has 1 N–H and O–H groups in total. The molecule has 0 bridgehead atoms. The number of anilines is 1. The summed E-state index contributed by atoms with van der Waals surface area (Å²) < 4.78 is 10.8. The minimum Gasteiger partial charge on any atom is -0.376 e. The number of aryl methyl sites for hydroxylation is 1. The Bertz CT molecular complexity index is 647. The summed E-state index contributed by atoms with van der Waals surface area (Å²) in [5.41, 5.74) is 2.01. The Morgan fingerprint density at radius 3 is 3.05 bits per heavy atom. The molecule has 2 aromatic rings. The zero-order chi connectivity index (χ0) is 14.1. The van der Waals surface area contributed by atoms with Crippen molar-refractivity contribution in [3.63, 3.8) is 0 Å². The van der Waals surface area contributed by atoms with Crippen LogP contribution < -0.4 is 5.32 Å². The monoisotopic (exact) mass is 293 g/mol. The van der Waals surface area contributed by atoms with Gasteiger partial charge < -0.3 is 14.6 Å². The van der Waals surface area contributed by atoms with Gasteiger partial charge in [-0.15, -0.1) is 11.3 Å². The van der Waals surface area contributed by atoms with Crippen LogP contribution in [-0.4, -0.2) is 22.7 Å². The number of carbonyl (C=O) groups excluding carboxylic acids is 1. The van der Waals surface area contributed by atoms with Gasteiger partial charge in [-0.2, -0.15) is 4.98 Å². The maximum Gasteiger partial charge on any atom is 0.261 e. The molecule has 2 aromatic heterocycles. The summed E-state index contributed by atoms with van der Waals surface area (Å²) in [5, 5.41) is 7.53. The van der Waals surface area contributed by atoms with E-state index >= 15 is 0 Å². The van der Waals surface area contributed by atoms with Crippen LogP contribution in [0.5, 0.6) is 0 Å². The summed E-state index contributed by atoms with van der Waals surface area (Å²) in [6.45, 7) is 4.84. The van der Waals surface area contributed by atoms with Crippen molar-refractivity contribution in [2.75, 3.05) is 11.9 Å². The zero-order valence-electron chi connectivity index (χ0n) is 11.4.